The average molecular weight is 469 g/mol. The Labute approximate surface area is 195 Å². The van der Waals surface area contributed by atoms with Gasteiger partial charge in [0.1, 0.15) is 17.3 Å². The first-order valence-electron chi connectivity index (χ1n) is 10.3. The number of ether oxygens (including phenoxy) is 2. The number of carbonyl (C=O) groups excluding carboxylic acids is 2. The Kier molecular flexibility index (Phi) is 6.51. The van der Waals surface area contributed by atoms with Crippen molar-refractivity contribution in [3.8, 4) is 11.5 Å². The van der Waals surface area contributed by atoms with E-state index in [9.17, 15) is 14.0 Å². The minimum absolute atomic E-state index is 0.0617. The minimum Gasteiger partial charge on any atom is -0.483 e. The zero-order valence-corrected chi connectivity index (χ0v) is 18.9. The van der Waals surface area contributed by atoms with Crippen LogP contribution in [0.2, 0.25) is 5.02 Å². The van der Waals surface area contributed by atoms with Gasteiger partial charge in [-0.2, -0.15) is 0 Å². The number of rotatable bonds is 6. The highest BCUT2D eigenvalue weighted by Gasteiger charge is 2.27. The summed E-state index contributed by atoms with van der Waals surface area (Å²) in [5.41, 5.74) is 3.03. The van der Waals surface area contributed by atoms with E-state index in [1.165, 1.54) is 17.0 Å². The van der Waals surface area contributed by atoms with Crippen molar-refractivity contribution in [2.45, 2.75) is 20.4 Å². The maximum atomic E-state index is 14.3. The monoisotopic (exact) mass is 468 g/mol. The Morgan fingerprint density at radius 3 is 2.79 bits per heavy atom. The fraction of sp³-hybridized carbons (Fsp3) is 0.200. The predicted molar refractivity (Wildman–Crippen MR) is 125 cm³/mol. The molecular formula is C25H22ClFN2O4. The van der Waals surface area contributed by atoms with E-state index in [1.54, 1.807) is 24.3 Å². The second-order valence-electron chi connectivity index (χ2n) is 7.76. The third-order valence-electron chi connectivity index (χ3n) is 5.27. The van der Waals surface area contributed by atoms with E-state index in [1.807, 2.05) is 32.0 Å². The van der Waals surface area contributed by atoms with Gasteiger partial charge >= 0.3 is 0 Å². The molecule has 6 nitrogen and oxygen atoms in total. The van der Waals surface area contributed by atoms with Crippen molar-refractivity contribution in [3.63, 3.8) is 0 Å². The highest BCUT2D eigenvalue weighted by atomic mass is 35.5. The molecule has 8 heteroatoms. The molecule has 2 amide bonds. The topological polar surface area (TPSA) is 67.9 Å². The molecule has 0 atom stereocenters. The van der Waals surface area contributed by atoms with Crippen molar-refractivity contribution in [2.24, 2.45) is 0 Å². The number of fused-ring (bicyclic) bond motifs is 1. The molecule has 0 aromatic heterocycles. The first kappa shape index (κ1) is 22.6. The summed E-state index contributed by atoms with van der Waals surface area (Å²) in [6, 6.07) is 15.1. The predicted octanol–water partition coefficient (Wildman–Crippen LogP) is 5.04. The number of nitrogens with zero attached hydrogens (tertiary/aromatic N) is 1. The van der Waals surface area contributed by atoms with Gasteiger partial charge in [-0.25, -0.2) is 4.39 Å². The standard InChI is InChI=1S/C25H22ClFN2O4/c1-15-6-7-16(2)23(10-15)32-13-24(30)28-17-8-9-22-21(11-17)29(25(31)14-33-22)12-18-19(26)4-3-5-20(18)27/h3-11H,12-14H2,1-2H3,(H,28,30). The lowest BCUT2D eigenvalue weighted by Crippen LogP contribution is -2.38. The summed E-state index contributed by atoms with van der Waals surface area (Å²) >= 11 is 6.15. The first-order chi connectivity index (χ1) is 15.8. The van der Waals surface area contributed by atoms with Gasteiger partial charge in [-0.3, -0.25) is 9.59 Å². The fourth-order valence-electron chi connectivity index (χ4n) is 3.50. The van der Waals surface area contributed by atoms with E-state index in [-0.39, 0.29) is 42.2 Å². The normalized spacial score (nSPS) is 12.7. The van der Waals surface area contributed by atoms with Gasteiger partial charge in [0.05, 0.1) is 12.2 Å². The van der Waals surface area contributed by atoms with E-state index in [2.05, 4.69) is 5.32 Å². The van der Waals surface area contributed by atoms with Crippen LogP contribution in [0, 0.1) is 19.7 Å². The number of hydrogen-bond acceptors (Lipinski definition) is 4. The van der Waals surface area contributed by atoms with Gasteiger partial charge in [0.2, 0.25) is 0 Å². The third kappa shape index (κ3) is 5.09. The quantitative estimate of drug-likeness (QED) is 0.550. The van der Waals surface area contributed by atoms with Gasteiger partial charge in [0.15, 0.2) is 13.2 Å². The Hall–Kier alpha value is -3.58. The molecular weight excluding hydrogens is 447 g/mol. The van der Waals surface area contributed by atoms with E-state index in [4.69, 9.17) is 21.1 Å². The molecule has 3 aromatic rings. The number of hydrogen-bond donors (Lipinski definition) is 1. The number of anilines is 2. The Morgan fingerprint density at radius 2 is 2.00 bits per heavy atom. The number of nitrogens with one attached hydrogen (secondary N) is 1. The van der Waals surface area contributed by atoms with Gasteiger partial charge in [0, 0.05) is 16.3 Å². The maximum Gasteiger partial charge on any atom is 0.265 e. The van der Waals surface area contributed by atoms with Crippen molar-refractivity contribution in [3.05, 3.63) is 82.1 Å². The van der Waals surface area contributed by atoms with Crippen LogP contribution in [-0.4, -0.2) is 25.0 Å². The van der Waals surface area contributed by atoms with Crippen LogP contribution < -0.4 is 19.7 Å². The second kappa shape index (κ2) is 9.50. The average Bonchev–Trinajstić information content (AvgIpc) is 2.78. The number of benzene rings is 3. The summed E-state index contributed by atoms with van der Waals surface area (Å²) in [5, 5.41) is 2.99. The van der Waals surface area contributed by atoms with Crippen LogP contribution >= 0.6 is 11.6 Å². The maximum absolute atomic E-state index is 14.3. The number of halogens is 2. The number of amides is 2. The van der Waals surface area contributed by atoms with Crippen molar-refractivity contribution in [2.75, 3.05) is 23.4 Å². The largest absolute Gasteiger partial charge is 0.483 e. The summed E-state index contributed by atoms with van der Waals surface area (Å²) in [5.74, 6) is -0.114. The van der Waals surface area contributed by atoms with E-state index in [0.29, 0.717) is 22.9 Å². The molecule has 0 aliphatic carbocycles. The van der Waals surface area contributed by atoms with Gasteiger partial charge in [-0.15, -0.1) is 0 Å². The van der Waals surface area contributed by atoms with E-state index >= 15 is 0 Å². The summed E-state index contributed by atoms with van der Waals surface area (Å²) in [6.07, 6.45) is 0. The molecule has 1 heterocycles. The van der Waals surface area contributed by atoms with Crippen LogP contribution in [0.3, 0.4) is 0 Å². The molecule has 0 spiro atoms. The Balaban J connectivity index is 1.51. The molecule has 0 fully saturated rings. The molecule has 170 valence electrons. The molecule has 0 bridgehead atoms. The summed E-state index contributed by atoms with van der Waals surface area (Å²) in [7, 11) is 0. The number of carbonyl (C=O) groups is 2. The molecule has 3 aromatic carbocycles. The van der Waals surface area contributed by atoms with Crippen molar-refractivity contribution in [1.82, 2.24) is 0 Å². The fourth-order valence-corrected chi connectivity index (χ4v) is 3.72. The van der Waals surface area contributed by atoms with Crippen LogP contribution in [0.4, 0.5) is 15.8 Å². The Morgan fingerprint density at radius 1 is 1.18 bits per heavy atom. The number of aryl methyl sites for hydroxylation is 2. The smallest absolute Gasteiger partial charge is 0.265 e. The van der Waals surface area contributed by atoms with Gasteiger partial charge in [0.25, 0.3) is 11.8 Å². The molecule has 0 unspecified atom stereocenters. The SMILES string of the molecule is Cc1ccc(C)c(OCC(=O)Nc2ccc3c(c2)N(Cc2c(F)cccc2Cl)C(=O)CO3)c1. The zero-order chi connectivity index (χ0) is 23.5. The second-order valence-corrected chi connectivity index (χ2v) is 8.16. The van der Waals surface area contributed by atoms with Crippen molar-refractivity contribution >= 4 is 34.8 Å². The molecule has 1 N–H and O–H groups in total. The molecule has 1 aliphatic rings. The summed E-state index contributed by atoms with van der Waals surface area (Å²) < 4.78 is 25.5. The minimum atomic E-state index is -0.503. The molecule has 0 saturated heterocycles. The zero-order valence-electron chi connectivity index (χ0n) is 18.2. The van der Waals surface area contributed by atoms with Gasteiger partial charge < -0.3 is 19.7 Å². The molecule has 33 heavy (non-hydrogen) atoms. The van der Waals surface area contributed by atoms with Crippen LogP contribution in [0.1, 0.15) is 16.7 Å². The lowest BCUT2D eigenvalue weighted by atomic mass is 10.1. The summed E-state index contributed by atoms with van der Waals surface area (Å²) in [6.45, 7) is 3.44. The van der Waals surface area contributed by atoms with E-state index < -0.39 is 5.82 Å². The van der Waals surface area contributed by atoms with Crippen LogP contribution in [0.25, 0.3) is 0 Å². The Bertz CT molecular complexity index is 1210. The van der Waals surface area contributed by atoms with Gasteiger partial charge in [-0.1, -0.05) is 29.8 Å². The molecule has 0 saturated carbocycles. The van der Waals surface area contributed by atoms with Crippen molar-refractivity contribution < 1.29 is 23.5 Å². The van der Waals surface area contributed by atoms with E-state index in [0.717, 1.165) is 11.1 Å². The molecule has 1 aliphatic heterocycles. The molecule has 4 rings (SSSR count). The highest BCUT2D eigenvalue weighted by molar-refractivity contribution is 6.31. The third-order valence-corrected chi connectivity index (χ3v) is 5.62. The van der Waals surface area contributed by atoms with Crippen LogP contribution in [-0.2, 0) is 16.1 Å². The first-order valence-corrected chi connectivity index (χ1v) is 10.7. The molecule has 0 radical (unpaired) electrons. The lowest BCUT2D eigenvalue weighted by molar-refractivity contribution is -0.121. The van der Waals surface area contributed by atoms with Crippen LogP contribution in [0.5, 0.6) is 11.5 Å². The van der Waals surface area contributed by atoms with Gasteiger partial charge in [-0.05, 0) is 61.4 Å². The highest BCUT2D eigenvalue weighted by Crippen LogP contribution is 2.36. The van der Waals surface area contributed by atoms with Crippen molar-refractivity contribution in [1.29, 1.82) is 0 Å². The lowest BCUT2D eigenvalue weighted by Gasteiger charge is -2.30. The van der Waals surface area contributed by atoms with Crippen LogP contribution in [0.15, 0.2) is 54.6 Å². The summed E-state index contributed by atoms with van der Waals surface area (Å²) in [4.78, 5) is 26.4.